The summed E-state index contributed by atoms with van der Waals surface area (Å²) < 4.78 is 0. The highest BCUT2D eigenvalue weighted by Gasteiger charge is 2.15. The van der Waals surface area contributed by atoms with E-state index in [2.05, 4.69) is 11.8 Å². The molecular formula is C14H27NO4. The van der Waals surface area contributed by atoms with Crippen LogP contribution < -0.4 is 0 Å². The van der Waals surface area contributed by atoms with Crippen molar-refractivity contribution in [2.45, 2.75) is 52.4 Å². The monoisotopic (exact) mass is 273 g/mol. The Morgan fingerprint density at radius 1 is 1.05 bits per heavy atom. The number of hydrogen-bond donors (Lipinski definition) is 2. The van der Waals surface area contributed by atoms with Crippen LogP contribution in [-0.2, 0) is 9.59 Å². The lowest BCUT2D eigenvalue weighted by Crippen LogP contribution is -2.33. The highest BCUT2D eigenvalue weighted by molar-refractivity contribution is 5.69. The summed E-state index contributed by atoms with van der Waals surface area (Å²) in [6.45, 7) is 5.87. The highest BCUT2D eigenvalue weighted by atomic mass is 16.4. The van der Waals surface area contributed by atoms with Gasteiger partial charge in [0.25, 0.3) is 0 Å². The van der Waals surface area contributed by atoms with Gasteiger partial charge >= 0.3 is 11.9 Å². The molecule has 5 nitrogen and oxygen atoms in total. The predicted octanol–water partition coefficient (Wildman–Crippen LogP) is 2.45. The van der Waals surface area contributed by atoms with Crippen LogP contribution in [0.2, 0.25) is 0 Å². The normalized spacial score (nSPS) is 12.6. The maximum atomic E-state index is 10.9. The number of hydrogen-bond acceptors (Lipinski definition) is 3. The zero-order valence-corrected chi connectivity index (χ0v) is 12.1. The van der Waals surface area contributed by atoms with Crippen molar-refractivity contribution in [1.82, 2.24) is 4.90 Å². The minimum absolute atomic E-state index is 0.146. The van der Waals surface area contributed by atoms with Crippen molar-refractivity contribution in [1.29, 1.82) is 0 Å². The first-order chi connectivity index (χ1) is 8.97. The van der Waals surface area contributed by atoms with Crippen molar-refractivity contribution >= 4 is 11.9 Å². The lowest BCUT2D eigenvalue weighted by molar-refractivity contribution is -0.142. The molecule has 0 aliphatic heterocycles. The quantitative estimate of drug-likeness (QED) is 0.534. The molecular weight excluding hydrogens is 246 g/mol. The average molecular weight is 273 g/mol. The summed E-state index contributed by atoms with van der Waals surface area (Å²) in [4.78, 5) is 23.5. The lowest BCUT2D eigenvalue weighted by atomic mass is 10.1. The second-order valence-electron chi connectivity index (χ2n) is 5.10. The van der Waals surface area contributed by atoms with Crippen LogP contribution in [0.5, 0.6) is 0 Å². The highest BCUT2D eigenvalue weighted by Crippen LogP contribution is 2.07. The molecule has 112 valence electrons. The summed E-state index contributed by atoms with van der Waals surface area (Å²) >= 11 is 0. The summed E-state index contributed by atoms with van der Waals surface area (Å²) in [6, 6.07) is 0. The maximum absolute atomic E-state index is 10.9. The molecule has 0 fully saturated rings. The van der Waals surface area contributed by atoms with Gasteiger partial charge in [-0.1, -0.05) is 33.1 Å². The second-order valence-corrected chi connectivity index (χ2v) is 5.10. The molecule has 0 saturated carbocycles. The van der Waals surface area contributed by atoms with Crippen LogP contribution in [0.3, 0.4) is 0 Å². The van der Waals surface area contributed by atoms with Crippen LogP contribution in [0, 0.1) is 5.92 Å². The van der Waals surface area contributed by atoms with Gasteiger partial charge in [0.05, 0.1) is 5.92 Å². The van der Waals surface area contributed by atoms with E-state index in [0.29, 0.717) is 19.5 Å². The summed E-state index contributed by atoms with van der Waals surface area (Å²) in [5.41, 5.74) is 0. The van der Waals surface area contributed by atoms with E-state index >= 15 is 0 Å². The molecule has 0 amide bonds. The molecule has 0 heterocycles. The fourth-order valence-corrected chi connectivity index (χ4v) is 1.98. The van der Waals surface area contributed by atoms with Crippen LogP contribution in [0.15, 0.2) is 0 Å². The zero-order chi connectivity index (χ0) is 14.7. The third-order valence-corrected chi connectivity index (χ3v) is 3.15. The van der Waals surface area contributed by atoms with Crippen LogP contribution in [-0.4, -0.2) is 46.7 Å². The fourth-order valence-electron chi connectivity index (χ4n) is 1.98. The van der Waals surface area contributed by atoms with Gasteiger partial charge in [-0.2, -0.15) is 0 Å². The average Bonchev–Trinajstić information content (AvgIpc) is 2.33. The molecule has 0 aromatic rings. The van der Waals surface area contributed by atoms with Crippen molar-refractivity contribution in [2.75, 3.05) is 19.6 Å². The molecule has 1 unspecified atom stereocenters. The van der Waals surface area contributed by atoms with Gasteiger partial charge in [-0.25, -0.2) is 0 Å². The Kier molecular flexibility index (Phi) is 10.2. The van der Waals surface area contributed by atoms with E-state index < -0.39 is 17.9 Å². The van der Waals surface area contributed by atoms with E-state index in [1.807, 2.05) is 0 Å². The second kappa shape index (κ2) is 10.8. The Bertz CT molecular complexity index is 268. The molecule has 2 N–H and O–H groups in total. The molecule has 0 spiro atoms. The molecule has 0 aliphatic rings. The molecule has 0 radical (unpaired) electrons. The third kappa shape index (κ3) is 10.5. The zero-order valence-electron chi connectivity index (χ0n) is 12.1. The van der Waals surface area contributed by atoms with Crippen LogP contribution >= 0.6 is 0 Å². The van der Waals surface area contributed by atoms with Crippen molar-refractivity contribution < 1.29 is 19.8 Å². The number of aliphatic carboxylic acids is 2. The number of nitrogens with zero attached hydrogens (tertiary/aromatic N) is 1. The van der Waals surface area contributed by atoms with Gasteiger partial charge in [-0.15, -0.1) is 0 Å². The van der Waals surface area contributed by atoms with Crippen molar-refractivity contribution in [3.05, 3.63) is 0 Å². The van der Waals surface area contributed by atoms with E-state index in [1.54, 1.807) is 6.92 Å². The van der Waals surface area contributed by atoms with Crippen molar-refractivity contribution in [2.24, 2.45) is 5.92 Å². The van der Waals surface area contributed by atoms with Gasteiger partial charge in [0.2, 0.25) is 0 Å². The van der Waals surface area contributed by atoms with Gasteiger partial charge in [0, 0.05) is 13.0 Å². The Morgan fingerprint density at radius 2 is 1.68 bits per heavy atom. The first-order valence-electron chi connectivity index (χ1n) is 7.14. The van der Waals surface area contributed by atoms with E-state index in [4.69, 9.17) is 10.2 Å². The number of carboxylic acid groups (broad SMARTS) is 2. The molecule has 0 rings (SSSR count). The SMILES string of the molecule is CCCCCCN(CCCC(=O)O)CC(C)C(=O)O. The first-order valence-corrected chi connectivity index (χ1v) is 7.14. The molecule has 1 atom stereocenters. The molecule has 0 saturated heterocycles. The van der Waals surface area contributed by atoms with E-state index in [0.717, 1.165) is 19.4 Å². The summed E-state index contributed by atoms with van der Waals surface area (Å²) in [7, 11) is 0. The molecule has 0 aromatic carbocycles. The van der Waals surface area contributed by atoms with Crippen LogP contribution in [0.4, 0.5) is 0 Å². The van der Waals surface area contributed by atoms with Crippen molar-refractivity contribution in [3.8, 4) is 0 Å². The number of unbranched alkanes of at least 4 members (excludes halogenated alkanes) is 3. The number of carbonyl (C=O) groups is 2. The van der Waals surface area contributed by atoms with Crippen LogP contribution in [0.1, 0.15) is 52.4 Å². The molecule has 0 aromatic heterocycles. The lowest BCUT2D eigenvalue weighted by Gasteiger charge is -2.23. The third-order valence-electron chi connectivity index (χ3n) is 3.15. The smallest absolute Gasteiger partial charge is 0.307 e. The maximum Gasteiger partial charge on any atom is 0.307 e. The number of carboxylic acids is 2. The molecule has 19 heavy (non-hydrogen) atoms. The van der Waals surface area contributed by atoms with Gasteiger partial charge in [0.15, 0.2) is 0 Å². The van der Waals surface area contributed by atoms with E-state index in [-0.39, 0.29) is 6.42 Å². The van der Waals surface area contributed by atoms with Gasteiger partial charge in [0.1, 0.15) is 0 Å². The summed E-state index contributed by atoms with van der Waals surface area (Å²) in [5, 5.41) is 17.6. The van der Waals surface area contributed by atoms with Crippen LogP contribution in [0.25, 0.3) is 0 Å². The Morgan fingerprint density at radius 3 is 2.21 bits per heavy atom. The van der Waals surface area contributed by atoms with E-state index in [1.165, 1.54) is 12.8 Å². The Labute approximate surface area is 115 Å². The minimum atomic E-state index is -0.795. The Hall–Kier alpha value is -1.10. The standard InChI is InChI=1S/C14H27NO4/c1-3-4-5-6-9-15(10-7-8-13(16)17)11-12(2)14(18)19/h12H,3-11H2,1-2H3,(H,16,17)(H,18,19). The fraction of sp³-hybridized carbons (Fsp3) is 0.857. The minimum Gasteiger partial charge on any atom is -0.481 e. The largest absolute Gasteiger partial charge is 0.481 e. The van der Waals surface area contributed by atoms with Crippen molar-refractivity contribution in [3.63, 3.8) is 0 Å². The molecule has 0 bridgehead atoms. The summed E-state index contributed by atoms with van der Waals surface area (Å²) in [6.07, 6.45) is 5.28. The van der Waals surface area contributed by atoms with Gasteiger partial charge in [-0.05, 0) is 25.9 Å². The predicted molar refractivity (Wildman–Crippen MR) is 74.3 cm³/mol. The topological polar surface area (TPSA) is 77.8 Å². The summed E-state index contributed by atoms with van der Waals surface area (Å²) in [5.74, 6) is -2.00. The van der Waals surface area contributed by atoms with E-state index in [9.17, 15) is 9.59 Å². The van der Waals surface area contributed by atoms with Gasteiger partial charge in [-0.3, -0.25) is 9.59 Å². The molecule has 5 heteroatoms. The molecule has 0 aliphatic carbocycles. The first kappa shape index (κ1) is 17.9. The Balaban J connectivity index is 4.05. The number of rotatable bonds is 12. The van der Waals surface area contributed by atoms with Gasteiger partial charge < -0.3 is 15.1 Å².